The molecule has 0 unspecified atom stereocenters. The van der Waals surface area contributed by atoms with Gasteiger partial charge in [-0.1, -0.05) is 84.6 Å². The average molecular weight is 341 g/mol. The molecule has 0 fully saturated rings. The second-order valence-electron chi connectivity index (χ2n) is 5.62. The number of hydrogen-bond acceptors (Lipinski definition) is 3. The Kier molecular flexibility index (Phi) is 4.32. The normalized spacial score (nSPS) is 10.7. The van der Waals surface area contributed by atoms with Crippen LogP contribution < -0.4 is 0 Å². The number of benzene rings is 3. The lowest BCUT2D eigenvalue weighted by Crippen LogP contribution is -1.96. The van der Waals surface area contributed by atoms with Gasteiger partial charge in [0.25, 0.3) is 0 Å². The van der Waals surface area contributed by atoms with Crippen molar-refractivity contribution in [1.82, 2.24) is 4.98 Å². The molecule has 0 radical (unpaired) electrons. The van der Waals surface area contributed by atoms with Crippen LogP contribution in [0.2, 0.25) is 0 Å². The molecular weight excluding hydrogens is 326 g/mol. The van der Waals surface area contributed by atoms with E-state index < -0.39 is 0 Å². The fourth-order valence-corrected chi connectivity index (χ4v) is 3.79. The maximum Gasteiger partial charge on any atom is 0.153 e. The van der Waals surface area contributed by atoms with Crippen molar-refractivity contribution in [2.75, 3.05) is 0 Å². The standard InChI is InChI=1S/C22H15NOS/c24-15-20-18-13-7-8-14-19(18)21(16-9-3-1-4-10-16)23-22(20)25-17-11-5-2-6-12-17/h1-15H. The molecule has 3 aromatic carbocycles. The second kappa shape index (κ2) is 6.91. The van der Waals surface area contributed by atoms with Crippen molar-refractivity contribution >= 4 is 28.8 Å². The van der Waals surface area contributed by atoms with Gasteiger partial charge in [0.1, 0.15) is 5.03 Å². The molecule has 0 amide bonds. The van der Waals surface area contributed by atoms with Gasteiger partial charge in [0.2, 0.25) is 0 Å². The Labute approximate surface area is 150 Å². The molecule has 0 bridgehead atoms. The van der Waals surface area contributed by atoms with Crippen LogP contribution in [-0.2, 0) is 0 Å². The zero-order valence-corrected chi connectivity index (χ0v) is 14.2. The summed E-state index contributed by atoms with van der Waals surface area (Å²) in [5, 5.41) is 2.66. The van der Waals surface area contributed by atoms with Crippen LogP contribution in [0.1, 0.15) is 10.4 Å². The van der Waals surface area contributed by atoms with Gasteiger partial charge in [-0.15, -0.1) is 0 Å². The van der Waals surface area contributed by atoms with Crippen molar-refractivity contribution in [3.8, 4) is 11.3 Å². The zero-order chi connectivity index (χ0) is 17.1. The Bertz CT molecular complexity index is 1030. The molecule has 1 aromatic heterocycles. The fourth-order valence-electron chi connectivity index (χ4n) is 2.87. The van der Waals surface area contributed by atoms with Gasteiger partial charge in [0.15, 0.2) is 6.29 Å². The van der Waals surface area contributed by atoms with Crippen molar-refractivity contribution in [2.24, 2.45) is 0 Å². The molecule has 0 aliphatic heterocycles. The summed E-state index contributed by atoms with van der Waals surface area (Å²) in [5.74, 6) is 0. The highest BCUT2D eigenvalue weighted by Gasteiger charge is 2.15. The van der Waals surface area contributed by atoms with Crippen molar-refractivity contribution in [3.63, 3.8) is 0 Å². The van der Waals surface area contributed by atoms with Gasteiger partial charge in [-0.2, -0.15) is 0 Å². The number of rotatable bonds is 4. The molecule has 120 valence electrons. The van der Waals surface area contributed by atoms with E-state index in [0.717, 1.165) is 38.2 Å². The lowest BCUT2D eigenvalue weighted by atomic mass is 10.0. The smallest absolute Gasteiger partial charge is 0.153 e. The van der Waals surface area contributed by atoms with Crippen molar-refractivity contribution in [1.29, 1.82) is 0 Å². The average Bonchev–Trinajstić information content (AvgIpc) is 2.69. The first-order chi connectivity index (χ1) is 12.4. The molecule has 0 atom stereocenters. The largest absolute Gasteiger partial charge is 0.298 e. The van der Waals surface area contributed by atoms with Gasteiger partial charge in [-0.25, -0.2) is 4.98 Å². The molecular formula is C22H15NOS. The maximum atomic E-state index is 11.8. The first-order valence-corrected chi connectivity index (χ1v) is 8.85. The first kappa shape index (κ1) is 15.6. The van der Waals surface area contributed by atoms with E-state index in [-0.39, 0.29) is 0 Å². The Balaban J connectivity index is 1.97. The summed E-state index contributed by atoms with van der Waals surface area (Å²) in [7, 11) is 0. The van der Waals surface area contributed by atoms with Crippen LogP contribution in [0.4, 0.5) is 0 Å². The number of fused-ring (bicyclic) bond motifs is 1. The van der Waals surface area contributed by atoms with E-state index in [1.165, 1.54) is 11.8 Å². The molecule has 0 saturated heterocycles. The summed E-state index contributed by atoms with van der Waals surface area (Å²) in [6.45, 7) is 0. The highest BCUT2D eigenvalue weighted by atomic mass is 32.2. The summed E-state index contributed by atoms with van der Waals surface area (Å²) < 4.78 is 0. The number of carbonyl (C=O) groups excluding carboxylic acids is 1. The summed E-state index contributed by atoms with van der Waals surface area (Å²) in [6, 6.07) is 28.1. The summed E-state index contributed by atoms with van der Waals surface area (Å²) in [6.07, 6.45) is 0.912. The number of pyridine rings is 1. The van der Waals surface area contributed by atoms with E-state index in [1.54, 1.807) is 0 Å². The van der Waals surface area contributed by atoms with Crippen molar-refractivity contribution < 1.29 is 4.79 Å². The van der Waals surface area contributed by atoms with Crippen LogP contribution in [0.3, 0.4) is 0 Å². The number of carbonyl (C=O) groups is 1. The molecule has 0 saturated carbocycles. The van der Waals surface area contributed by atoms with Gasteiger partial charge >= 0.3 is 0 Å². The van der Waals surface area contributed by atoms with Gasteiger partial charge in [0, 0.05) is 15.8 Å². The van der Waals surface area contributed by atoms with Crippen LogP contribution in [0, 0.1) is 0 Å². The van der Waals surface area contributed by atoms with Crippen molar-refractivity contribution in [2.45, 2.75) is 9.92 Å². The van der Waals surface area contributed by atoms with Gasteiger partial charge in [-0.05, 0) is 17.5 Å². The Morgan fingerprint density at radius 2 is 1.32 bits per heavy atom. The quantitative estimate of drug-likeness (QED) is 0.435. The summed E-state index contributed by atoms with van der Waals surface area (Å²) in [4.78, 5) is 17.8. The van der Waals surface area contributed by atoms with Gasteiger partial charge in [0.05, 0.1) is 11.3 Å². The first-order valence-electron chi connectivity index (χ1n) is 8.03. The molecule has 1 heterocycles. The highest BCUT2D eigenvalue weighted by Crippen LogP contribution is 2.36. The number of hydrogen-bond donors (Lipinski definition) is 0. The molecule has 25 heavy (non-hydrogen) atoms. The molecule has 2 nitrogen and oxygen atoms in total. The lowest BCUT2D eigenvalue weighted by molar-refractivity contribution is 0.112. The number of aldehydes is 1. The monoisotopic (exact) mass is 341 g/mol. The van der Waals surface area contributed by atoms with Crippen LogP contribution in [0.25, 0.3) is 22.0 Å². The van der Waals surface area contributed by atoms with E-state index in [0.29, 0.717) is 5.56 Å². The molecule has 0 N–H and O–H groups in total. The molecule has 4 rings (SSSR count). The van der Waals surface area contributed by atoms with E-state index >= 15 is 0 Å². The topological polar surface area (TPSA) is 30.0 Å². The summed E-state index contributed by atoms with van der Waals surface area (Å²) in [5.41, 5.74) is 2.59. The van der Waals surface area contributed by atoms with Crippen LogP contribution in [0.15, 0.2) is 94.9 Å². The highest BCUT2D eigenvalue weighted by molar-refractivity contribution is 7.99. The Morgan fingerprint density at radius 1 is 0.720 bits per heavy atom. The minimum absolute atomic E-state index is 0.643. The lowest BCUT2D eigenvalue weighted by Gasteiger charge is -2.12. The fraction of sp³-hybridized carbons (Fsp3) is 0. The zero-order valence-electron chi connectivity index (χ0n) is 13.4. The molecule has 3 heteroatoms. The van der Waals surface area contributed by atoms with Crippen molar-refractivity contribution in [3.05, 3.63) is 90.5 Å². The minimum Gasteiger partial charge on any atom is -0.298 e. The van der Waals surface area contributed by atoms with Gasteiger partial charge in [-0.3, -0.25) is 4.79 Å². The minimum atomic E-state index is 0.643. The van der Waals surface area contributed by atoms with Crippen LogP contribution in [-0.4, -0.2) is 11.3 Å². The Hall–Kier alpha value is -2.91. The van der Waals surface area contributed by atoms with Gasteiger partial charge < -0.3 is 0 Å². The molecule has 0 spiro atoms. The SMILES string of the molecule is O=Cc1c(Sc2ccccc2)nc(-c2ccccc2)c2ccccc12. The van der Waals surface area contributed by atoms with Crippen LogP contribution >= 0.6 is 11.8 Å². The maximum absolute atomic E-state index is 11.8. The van der Waals surface area contributed by atoms with Crippen LogP contribution in [0.5, 0.6) is 0 Å². The third kappa shape index (κ3) is 3.06. The second-order valence-corrected chi connectivity index (χ2v) is 6.69. The third-order valence-corrected chi connectivity index (χ3v) is 5.05. The molecule has 0 aliphatic rings. The predicted octanol–water partition coefficient (Wildman–Crippen LogP) is 5.87. The predicted molar refractivity (Wildman–Crippen MR) is 103 cm³/mol. The number of nitrogens with zero attached hydrogens (tertiary/aromatic N) is 1. The van der Waals surface area contributed by atoms with E-state index in [4.69, 9.17) is 4.98 Å². The molecule has 0 aliphatic carbocycles. The number of aromatic nitrogens is 1. The van der Waals surface area contributed by atoms with E-state index in [1.807, 2.05) is 84.9 Å². The summed E-state index contributed by atoms with van der Waals surface area (Å²) >= 11 is 1.52. The molecule has 4 aromatic rings. The Morgan fingerprint density at radius 3 is 2.00 bits per heavy atom. The third-order valence-electron chi connectivity index (χ3n) is 4.04. The van der Waals surface area contributed by atoms with E-state index in [2.05, 4.69) is 0 Å². The van der Waals surface area contributed by atoms with E-state index in [9.17, 15) is 4.79 Å².